The van der Waals surface area contributed by atoms with E-state index in [1.54, 1.807) is 6.07 Å². The average Bonchev–Trinajstić information content (AvgIpc) is 2.34. The van der Waals surface area contributed by atoms with Gasteiger partial charge in [-0.25, -0.2) is 0 Å². The van der Waals surface area contributed by atoms with Gasteiger partial charge in [0.15, 0.2) is 0 Å². The zero-order valence-electron chi connectivity index (χ0n) is 10.5. The summed E-state index contributed by atoms with van der Waals surface area (Å²) in [5, 5.41) is 13.8. The van der Waals surface area contributed by atoms with E-state index in [-0.39, 0.29) is 0 Å². The molecule has 0 atom stereocenters. The van der Waals surface area contributed by atoms with Gasteiger partial charge in [-0.15, -0.1) is 0 Å². The van der Waals surface area contributed by atoms with Crippen molar-refractivity contribution in [2.45, 2.75) is 20.4 Å². The average molecular weight is 262 g/mol. The monoisotopic (exact) mass is 261 g/mol. The summed E-state index contributed by atoms with van der Waals surface area (Å²) in [4.78, 5) is 0. The van der Waals surface area contributed by atoms with Crippen LogP contribution in [0.1, 0.15) is 16.7 Å². The van der Waals surface area contributed by atoms with Crippen LogP contribution in [0.5, 0.6) is 5.75 Å². The third-order valence-electron chi connectivity index (χ3n) is 2.90. The summed E-state index contributed by atoms with van der Waals surface area (Å²) in [6.07, 6.45) is 0. The standard InChI is InChI=1S/C15H16ClNO/c1-10-3-6-15(18)12(7-10)9-17-14-8-13(16)5-4-11(14)2/h3-8,17-18H,9H2,1-2H3. The number of benzene rings is 2. The van der Waals surface area contributed by atoms with E-state index in [1.165, 1.54) is 0 Å². The summed E-state index contributed by atoms with van der Waals surface area (Å²) in [7, 11) is 0. The Balaban J connectivity index is 2.16. The lowest BCUT2D eigenvalue weighted by molar-refractivity contribution is 0.469. The van der Waals surface area contributed by atoms with Crippen LogP contribution in [0.3, 0.4) is 0 Å². The van der Waals surface area contributed by atoms with Gasteiger partial charge >= 0.3 is 0 Å². The van der Waals surface area contributed by atoms with Crippen LogP contribution in [0.4, 0.5) is 5.69 Å². The van der Waals surface area contributed by atoms with Crippen molar-refractivity contribution in [1.29, 1.82) is 0 Å². The number of rotatable bonds is 3. The molecule has 2 aromatic carbocycles. The van der Waals surface area contributed by atoms with Crippen LogP contribution in [-0.4, -0.2) is 5.11 Å². The Morgan fingerprint density at radius 3 is 2.67 bits per heavy atom. The van der Waals surface area contributed by atoms with E-state index < -0.39 is 0 Å². The molecule has 3 heteroatoms. The molecule has 2 aromatic rings. The van der Waals surface area contributed by atoms with E-state index in [2.05, 4.69) is 5.32 Å². The van der Waals surface area contributed by atoms with Crippen molar-refractivity contribution in [3.05, 3.63) is 58.1 Å². The molecule has 2 nitrogen and oxygen atoms in total. The number of aryl methyl sites for hydroxylation is 2. The lowest BCUT2D eigenvalue weighted by Gasteiger charge is -2.11. The fourth-order valence-corrected chi connectivity index (χ4v) is 2.00. The van der Waals surface area contributed by atoms with E-state index in [4.69, 9.17) is 11.6 Å². The first kappa shape index (κ1) is 12.8. The highest BCUT2D eigenvalue weighted by molar-refractivity contribution is 6.30. The maximum atomic E-state index is 9.77. The van der Waals surface area contributed by atoms with E-state index in [9.17, 15) is 5.11 Å². The van der Waals surface area contributed by atoms with Gasteiger partial charge in [0, 0.05) is 22.8 Å². The summed E-state index contributed by atoms with van der Waals surface area (Å²) < 4.78 is 0. The quantitative estimate of drug-likeness (QED) is 0.865. The van der Waals surface area contributed by atoms with E-state index in [1.807, 2.05) is 44.2 Å². The number of anilines is 1. The van der Waals surface area contributed by atoms with Crippen molar-refractivity contribution in [1.82, 2.24) is 0 Å². The van der Waals surface area contributed by atoms with Crippen molar-refractivity contribution >= 4 is 17.3 Å². The molecule has 0 aliphatic rings. The van der Waals surface area contributed by atoms with Crippen LogP contribution >= 0.6 is 11.6 Å². The molecule has 0 heterocycles. The number of phenolic OH excluding ortho intramolecular Hbond substituents is 1. The summed E-state index contributed by atoms with van der Waals surface area (Å²) in [6, 6.07) is 11.3. The Labute approximate surface area is 112 Å². The van der Waals surface area contributed by atoms with Gasteiger partial charge in [0.25, 0.3) is 0 Å². The van der Waals surface area contributed by atoms with Gasteiger partial charge < -0.3 is 10.4 Å². The fraction of sp³-hybridized carbons (Fsp3) is 0.200. The van der Waals surface area contributed by atoms with Crippen molar-refractivity contribution in [3.63, 3.8) is 0 Å². The smallest absolute Gasteiger partial charge is 0.120 e. The molecule has 2 N–H and O–H groups in total. The summed E-state index contributed by atoms with van der Waals surface area (Å²) in [6.45, 7) is 4.61. The lowest BCUT2D eigenvalue weighted by atomic mass is 10.1. The van der Waals surface area contributed by atoms with E-state index >= 15 is 0 Å². The third-order valence-corrected chi connectivity index (χ3v) is 3.14. The van der Waals surface area contributed by atoms with Crippen LogP contribution in [0, 0.1) is 13.8 Å². The minimum Gasteiger partial charge on any atom is -0.508 e. The van der Waals surface area contributed by atoms with Crippen LogP contribution < -0.4 is 5.32 Å². The number of aromatic hydroxyl groups is 1. The van der Waals surface area contributed by atoms with E-state index in [0.717, 1.165) is 22.4 Å². The second-order valence-corrected chi connectivity index (χ2v) is 4.88. The Bertz CT molecular complexity index is 515. The summed E-state index contributed by atoms with van der Waals surface area (Å²) in [5.74, 6) is 0.313. The highest BCUT2D eigenvalue weighted by Crippen LogP contribution is 2.23. The first-order valence-electron chi connectivity index (χ1n) is 5.85. The molecule has 0 radical (unpaired) electrons. The third kappa shape index (κ3) is 2.96. The maximum Gasteiger partial charge on any atom is 0.120 e. The minimum atomic E-state index is 0.313. The molecule has 18 heavy (non-hydrogen) atoms. The SMILES string of the molecule is Cc1ccc(O)c(CNc2cc(Cl)ccc2C)c1. The number of phenols is 1. The highest BCUT2D eigenvalue weighted by atomic mass is 35.5. The molecular weight excluding hydrogens is 246 g/mol. The molecule has 0 aliphatic heterocycles. The number of nitrogens with one attached hydrogen (secondary N) is 1. The topological polar surface area (TPSA) is 32.3 Å². The minimum absolute atomic E-state index is 0.313. The van der Waals surface area contributed by atoms with Gasteiger partial charge in [0.1, 0.15) is 5.75 Å². The zero-order valence-corrected chi connectivity index (χ0v) is 11.3. The molecule has 0 fully saturated rings. The predicted octanol–water partition coefficient (Wildman–Crippen LogP) is 4.27. The number of hydrogen-bond donors (Lipinski definition) is 2. The zero-order chi connectivity index (χ0) is 13.1. The predicted molar refractivity (Wildman–Crippen MR) is 76.4 cm³/mol. The largest absolute Gasteiger partial charge is 0.508 e. The molecule has 94 valence electrons. The molecule has 2 rings (SSSR count). The number of hydrogen-bond acceptors (Lipinski definition) is 2. The van der Waals surface area contributed by atoms with Crippen molar-refractivity contribution < 1.29 is 5.11 Å². The van der Waals surface area contributed by atoms with Gasteiger partial charge in [-0.1, -0.05) is 35.4 Å². The summed E-state index contributed by atoms with van der Waals surface area (Å²) in [5.41, 5.74) is 4.14. The van der Waals surface area contributed by atoms with Crippen molar-refractivity contribution in [2.24, 2.45) is 0 Å². The Morgan fingerprint density at radius 2 is 1.89 bits per heavy atom. The Hall–Kier alpha value is -1.67. The molecule has 0 bridgehead atoms. The van der Waals surface area contributed by atoms with Gasteiger partial charge in [-0.3, -0.25) is 0 Å². The molecule has 0 spiro atoms. The fourth-order valence-electron chi connectivity index (χ4n) is 1.83. The second-order valence-electron chi connectivity index (χ2n) is 4.44. The van der Waals surface area contributed by atoms with Gasteiger partial charge in [-0.2, -0.15) is 0 Å². The molecule has 0 saturated heterocycles. The molecule has 0 aliphatic carbocycles. The number of halogens is 1. The van der Waals surface area contributed by atoms with E-state index in [0.29, 0.717) is 17.3 Å². The van der Waals surface area contributed by atoms with Crippen molar-refractivity contribution in [3.8, 4) is 5.75 Å². The van der Waals surface area contributed by atoms with Gasteiger partial charge in [0.05, 0.1) is 0 Å². The lowest BCUT2D eigenvalue weighted by Crippen LogP contribution is -2.01. The first-order chi connectivity index (χ1) is 8.56. The van der Waals surface area contributed by atoms with Gasteiger partial charge in [0.2, 0.25) is 0 Å². The molecular formula is C15H16ClNO. The maximum absolute atomic E-state index is 9.77. The van der Waals surface area contributed by atoms with Crippen molar-refractivity contribution in [2.75, 3.05) is 5.32 Å². The Morgan fingerprint density at radius 1 is 1.11 bits per heavy atom. The first-order valence-corrected chi connectivity index (χ1v) is 6.22. The van der Waals surface area contributed by atoms with Crippen LogP contribution in [0.15, 0.2) is 36.4 Å². The van der Waals surface area contributed by atoms with Crippen LogP contribution in [-0.2, 0) is 6.54 Å². The highest BCUT2D eigenvalue weighted by Gasteiger charge is 2.03. The molecule has 0 unspecified atom stereocenters. The second kappa shape index (κ2) is 5.32. The Kier molecular flexibility index (Phi) is 3.78. The van der Waals surface area contributed by atoms with Gasteiger partial charge in [-0.05, 0) is 37.6 Å². The van der Waals surface area contributed by atoms with Crippen LogP contribution in [0.2, 0.25) is 5.02 Å². The summed E-state index contributed by atoms with van der Waals surface area (Å²) >= 11 is 5.97. The normalized spacial score (nSPS) is 10.4. The molecule has 0 amide bonds. The van der Waals surface area contributed by atoms with Crippen LogP contribution in [0.25, 0.3) is 0 Å². The molecule has 0 aromatic heterocycles. The molecule has 0 saturated carbocycles.